The minimum Gasteiger partial charge on any atom is -0.395 e. The van der Waals surface area contributed by atoms with Crippen LogP contribution >= 0.6 is 0 Å². The van der Waals surface area contributed by atoms with E-state index in [-0.39, 0.29) is 18.6 Å². The summed E-state index contributed by atoms with van der Waals surface area (Å²) in [4.78, 5) is 18.6. The maximum Gasteiger partial charge on any atom is 0.272 e. The van der Waals surface area contributed by atoms with E-state index in [9.17, 15) is 9.90 Å². The molecule has 1 fully saturated rings. The van der Waals surface area contributed by atoms with Crippen LogP contribution in [0.1, 0.15) is 49.5 Å². The normalized spacial score (nSPS) is 15.1. The molecule has 0 bridgehead atoms. The first kappa shape index (κ1) is 15.8. The van der Waals surface area contributed by atoms with Crippen molar-refractivity contribution in [2.24, 2.45) is 0 Å². The molecule has 1 amide bonds. The molecule has 1 aromatic rings. The van der Waals surface area contributed by atoms with Gasteiger partial charge in [-0.25, -0.2) is 4.98 Å². The number of carbonyl (C=O) groups is 1. The highest BCUT2D eigenvalue weighted by Crippen LogP contribution is 2.24. The highest BCUT2D eigenvalue weighted by molar-refractivity contribution is 5.92. The van der Waals surface area contributed by atoms with E-state index in [1.165, 1.54) is 0 Å². The van der Waals surface area contributed by atoms with Crippen LogP contribution in [0.15, 0.2) is 18.3 Å². The predicted molar refractivity (Wildman–Crippen MR) is 83.4 cm³/mol. The minimum absolute atomic E-state index is 0.00161. The second-order valence-electron chi connectivity index (χ2n) is 5.52. The molecular weight excluding hydrogens is 266 g/mol. The zero-order valence-electron chi connectivity index (χ0n) is 12.7. The quantitative estimate of drug-likeness (QED) is 0.809. The van der Waals surface area contributed by atoms with Crippen LogP contribution in [0.25, 0.3) is 0 Å². The van der Waals surface area contributed by atoms with Crippen LogP contribution in [-0.2, 0) is 0 Å². The standard InChI is InChI=1S/C16H25N3O2/c1-2-9-17-13-7-8-15(18-12-13)16(21)19(10-11-20)14-5-3-4-6-14/h7-8,12,14,17,20H,2-6,9-11H2,1H3. The average Bonchev–Trinajstić information content (AvgIpc) is 3.04. The first-order valence-corrected chi connectivity index (χ1v) is 7.88. The van der Waals surface area contributed by atoms with E-state index in [1.807, 2.05) is 6.07 Å². The van der Waals surface area contributed by atoms with E-state index in [0.717, 1.165) is 44.3 Å². The molecule has 1 aliphatic rings. The Balaban J connectivity index is 2.05. The molecular formula is C16H25N3O2. The molecule has 1 aromatic heterocycles. The lowest BCUT2D eigenvalue weighted by atomic mass is 10.2. The second-order valence-corrected chi connectivity index (χ2v) is 5.52. The molecule has 1 heterocycles. The Hall–Kier alpha value is -1.62. The minimum atomic E-state index is -0.0713. The van der Waals surface area contributed by atoms with Gasteiger partial charge in [0.25, 0.3) is 5.91 Å². The molecule has 2 N–H and O–H groups in total. The molecule has 0 atom stereocenters. The van der Waals surface area contributed by atoms with E-state index < -0.39 is 0 Å². The number of aromatic nitrogens is 1. The third kappa shape index (κ3) is 4.17. The van der Waals surface area contributed by atoms with Crippen molar-refractivity contribution in [1.29, 1.82) is 0 Å². The van der Waals surface area contributed by atoms with Gasteiger partial charge in [-0.3, -0.25) is 4.79 Å². The van der Waals surface area contributed by atoms with Crippen LogP contribution in [-0.4, -0.2) is 46.6 Å². The zero-order chi connectivity index (χ0) is 15.1. The Bertz CT molecular complexity index is 441. The zero-order valence-corrected chi connectivity index (χ0v) is 12.7. The highest BCUT2D eigenvalue weighted by atomic mass is 16.3. The summed E-state index contributed by atoms with van der Waals surface area (Å²) in [6.45, 7) is 3.39. The van der Waals surface area contributed by atoms with Crippen molar-refractivity contribution in [3.05, 3.63) is 24.0 Å². The number of hydrogen-bond acceptors (Lipinski definition) is 4. The lowest BCUT2D eigenvalue weighted by Gasteiger charge is -2.28. The summed E-state index contributed by atoms with van der Waals surface area (Å²) in [5.74, 6) is -0.0713. The van der Waals surface area contributed by atoms with E-state index in [2.05, 4.69) is 17.2 Å². The second kappa shape index (κ2) is 7.98. The van der Waals surface area contributed by atoms with Gasteiger partial charge in [0.15, 0.2) is 0 Å². The van der Waals surface area contributed by atoms with E-state index in [4.69, 9.17) is 0 Å². The molecule has 21 heavy (non-hydrogen) atoms. The number of aliphatic hydroxyl groups is 1. The molecule has 1 saturated carbocycles. The maximum absolute atomic E-state index is 12.6. The van der Waals surface area contributed by atoms with Gasteiger partial charge in [0.1, 0.15) is 5.69 Å². The summed E-state index contributed by atoms with van der Waals surface area (Å²) in [5, 5.41) is 12.5. The summed E-state index contributed by atoms with van der Waals surface area (Å²) < 4.78 is 0. The number of nitrogens with zero attached hydrogens (tertiary/aromatic N) is 2. The van der Waals surface area contributed by atoms with Crippen LogP contribution < -0.4 is 5.32 Å². The van der Waals surface area contributed by atoms with Gasteiger partial charge >= 0.3 is 0 Å². The number of pyridine rings is 1. The first-order chi connectivity index (χ1) is 10.3. The monoisotopic (exact) mass is 291 g/mol. The predicted octanol–water partition coefficient (Wildman–Crippen LogP) is 2.28. The molecule has 0 unspecified atom stereocenters. The topological polar surface area (TPSA) is 65.5 Å². The van der Waals surface area contributed by atoms with Crippen molar-refractivity contribution in [3.8, 4) is 0 Å². The Labute approximate surface area is 126 Å². The first-order valence-electron chi connectivity index (χ1n) is 7.88. The summed E-state index contributed by atoms with van der Waals surface area (Å²) in [7, 11) is 0. The van der Waals surface area contributed by atoms with Gasteiger partial charge in [0.2, 0.25) is 0 Å². The number of nitrogens with one attached hydrogen (secondary N) is 1. The van der Waals surface area contributed by atoms with Crippen molar-refractivity contribution < 1.29 is 9.90 Å². The highest BCUT2D eigenvalue weighted by Gasteiger charge is 2.27. The molecule has 0 saturated heterocycles. The Kier molecular flexibility index (Phi) is 5.99. The molecule has 0 aromatic carbocycles. The molecule has 0 radical (unpaired) electrons. The Morgan fingerprint density at radius 2 is 2.19 bits per heavy atom. The van der Waals surface area contributed by atoms with Gasteiger partial charge in [-0.2, -0.15) is 0 Å². The average molecular weight is 291 g/mol. The van der Waals surface area contributed by atoms with Gasteiger partial charge in [-0.05, 0) is 31.4 Å². The van der Waals surface area contributed by atoms with Crippen LogP contribution in [0.2, 0.25) is 0 Å². The fourth-order valence-electron chi connectivity index (χ4n) is 2.82. The molecule has 5 heteroatoms. The van der Waals surface area contributed by atoms with Crippen LogP contribution in [0.3, 0.4) is 0 Å². The fraction of sp³-hybridized carbons (Fsp3) is 0.625. The molecule has 1 aliphatic carbocycles. The van der Waals surface area contributed by atoms with E-state index in [1.54, 1.807) is 17.2 Å². The van der Waals surface area contributed by atoms with Crippen molar-refractivity contribution in [2.75, 3.05) is 25.0 Å². The van der Waals surface area contributed by atoms with Crippen molar-refractivity contribution in [1.82, 2.24) is 9.88 Å². The number of rotatable bonds is 7. The lowest BCUT2D eigenvalue weighted by Crippen LogP contribution is -2.41. The van der Waals surface area contributed by atoms with Crippen molar-refractivity contribution in [2.45, 2.75) is 45.1 Å². The number of carbonyl (C=O) groups excluding carboxylic acids is 1. The lowest BCUT2D eigenvalue weighted by molar-refractivity contribution is 0.0632. The maximum atomic E-state index is 12.6. The summed E-state index contributed by atoms with van der Waals surface area (Å²) in [6, 6.07) is 3.91. The summed E-state index contributed by atoms with van der Waals surface area (Å²) >= 11 is 0. The summed E-state index contributed by atoms with van der Waals surface area (Å²) in [5.41, 5.74) is 1.39. The van der Waals surface area contributed by atoms with E-state index >= 15 is 0 Å². The third-order valence-electron chi connectivity index (χ3n) is 3.93. The third-order valence-corrected chi connectivity index (χ3v) is 3.93. The van der Waals surface area contributed by atoms with Crippen LogP contribution in [0.5, 0.6) is 0 Å². The van der Waals surface area contributed by atoms with Gasteiger partial charge < -0.3 is 15.3 Å². The van der Waals surface area contributed by atoms with Gasteiger partial charge in [-0.15, -0.1) is 0 Å². The van der Waals surface area contributed by atoms with Crippen LogP contribution in [0, 0.1) is 0 Å². The number of hydrogen-bond donors (Lipinski definition) is 2. The van der Waals surface area contributed by atoms with Gasteiger partial charge in [-0.1, -0.05) is 19.8 Å². The summed E-state index contributed by atoms with van der Waals surface area (Å²) in [6.07, 6.45) is 7.13. The molecule has 0 spiro atoms. The van der Waals surface area contributed by atoms with E-state index in [0.29, 0.717) is 12.2 Å². The number of aliphatic hydroxyl groups excluding tert-OH is 1. The van der Waals surface area contributed by atoms with Crippen LogP contribution in [0.4, 0.5) is 5.69 Å². The largest absolute Gasteiger partial charge is 0.395 e. The SMILES string of the molecule is CCCNc1ccc(C(=O)N(CCO)C2CCCC2)nc1. The van der Waals surface area contributed by atoms with Crippen molar-refractivity contribution >= 4 is 11.6 Å². The Morgan fingerprint density at radius 3 is 2.76 bits per heavy atom. The fourth-order valence-corrected chi connectivity index (χ4v) is 2.82. The molecule has 5 nitrogen and oxygen atoms in total. The molecule has 2 rings (SSSR count). The molecule has 116 valence electrons. The number of amides is 1. The number of anilines is 1. The smallest absolute Gasteiger partial charge is 0.272 e. The van der Waals surface area contributed by atoms with Crippen molar-refractivity contribution in [3.63, 3.8) is 0 Å². The van der Waals surface area contributed by atoms with Gasteiger partial charge in [0.05, 0.1) is 18.5 Å². The molecule has 0 aliphatic heterocycles. The van der Waals surface area contributed by atoms with Gasteiger partial charge in [0, 0.05) is 19.1 Å². The Morgan fingerprint density at radius 1 is 1.43 bits per heavy atom.